The maximum absolute atomic E-state index is 5.89. The average molecular weight is 440 g/mol. The minimum Gasteiger partial charge on any atom is -0.476 e. The summed E-state index contributed by atoms with van der Waals surface area (Å²) in [6.45, 7) is 13.0. The van der Waals surface area contributed by atoms with Crippen molar-refractivity contribution < 1.29 is 9.47 Å². The molecule has 0 unspecified atom stereocenters. The molecular weight excluding hydrogens is 402 g/mol. The third kappa shape index (κ3) is 8.49. The van der Waals surface area contributed by atoms with Gasteiger partial charge < -0.3 is 19.3 Å². The molecule has 174 valence electrons. The molecule has 7 heteroatoms. The molecule has 0 amide bonds. The Labute approximate surface area is 192 Å². The Hall–Kier alpha value is -3.22. The normalized spacial score (nSPS) is 10.8. The van der Waals surface area contributed by atoms with Crippen LogP contribution in [0.4, 0.5) is 11.5 Å². The molecule has 0 spiro atoms. The standard InChI is InChI=1S/C25H37N5O2/c1-7-12-30(13-8-2)23-17-24(28-26-19-22-11-9-10-20(3)16-22)27-25(18-23)32-15-14-31-21(4)29(5)6/h9-11,16-19H,4,7-8,12-15H2,1-3,5-6H3,(H,27,28)/b26-19+. The number of nitrogens with zero attached hydrogens (tertiary/aromatic N) is 4. The first kappa shape index (κ1) is 25.0. The van der Waals surface area contributed by atoms with E-state index in [1.165, 1.54) is 5.56 Å². The van der Waals surface area contributed by atoms with Crippen LogP contribution in [0, 0.1) is 6.92 Å². The third-order valence-electron chi connectivity index (χ3n) is 4.67. The number of hydrogen-bond acceptors (Lipinski definition) is 7. The first-order valence-electron chi connectivity index (χ1n) is 11.2. The number of hydrogen-bond donors (Lipinski definition) is 1. The highest BCUT2D eigenvalue weighted by molar-refractivity contribution is 5.80. The lowest BCUT2D eigenvalue weighted by Crippen LogP contribution is -2.25. The average Bonchev–Trinajstić information content (AvgIpc) is 2.76. The fourth-order valence-electron chi connectivity index (χ4n) is 3.07. The topological polar surface area (TPSA) is 62.2 Å². The molecule has 0 aliphatic heterocycles. The highest BCUT2D eigenvalue weighted by Crippen LogP contribution is 2.24. The Morgan fingerprint density at radius 3 is 2.53 bits per heavy atom. The molecule has 1 heterocycles. The summed E-state index contributed by atoms with van der Waals surface area (Å²) < 4.78 is 11.5. The molecule has 2 rings (SSSR count). The van der Waals surface area contributed by atoms with Crippen LogP contribution in [0.1, 0.15) is 37.8 Å². The van der Waals surface area contributed by atoms with Gasteiger partial charge in [0.25, 0.3) is 0 Å². The monoisotopic (exact) mass is 439 g/mol. The summed E-state index contributed by atoms with van der Waals surface area (Å²) in [7, 11) is 3.78. The van der Waals surface area contributed by atoms with E-state index in [-0.39, 0.29) is 0 Å². The van der Waals surface area contributed by atoms with E-state index in [4.69, 9.17) is 9.47 Å². The van der Waals surface area contributed by atoms with Crippen molar-refractivity contribution in [1.29, 1.82) is 0 Å². The first-order chi connectivity index (χ1) is 15.4. The van der Waals surface area contributed by atoms with E-state index in [0.29, 0.717) is 30.8 Å². The largest absolute Gasteiger partial charge is 0.476 e. The van der Waals surface area contributed by atoms with Gasteiger partial charge in [0.05, 0.1) is 6.21 Å². The molecule has 0 bridgehead atoms. The van der Waals surface area contributed by atoms with E-state index < -0.39 is 0 Å². The molecule has 1 aromatic heterocycles. The van der Waals surface area contributed by atoms with Crippen LogP contribution in [-0.4, -0.2) is 56.5 Å². The summed E-state index contributed by atoms with van der Waals surface area (Å²) in [5, 5.41) is 4.37. The van der Waals surface area contributed by atoms with Crippen LogP contribution >= 0.6 is 0 Å². The molecular formula is C25H37N5O2. The number of nitrogens with one attached hydrogen (secondary N) is 1. The van der Waals surface area contributed by atoms with Gasteiger partial charge in [-0.2, -0.15) is 10.1 Å². The van der Waals surface area contributed by atoms with Crippen LogP contribution in [-0.2, 0) is 4.74 Å². The summed E-state index contributed by atoms with van der Waals surface area (Å²) in [5.74, 6) is 1.77. The van der Waals surface area contributed by atoms with Gasteiger partial charge in [0, 0.05) is 45.0 Å². The second kappa shape index (κ2) is 13.2. The van der Waals surface area contributed by atoms with Gasteiger partial charge in [-0.1, -0.05) is 43.7 Å². The van der Waals surface area contributed by atoms with Gasteiger partial charge in [0.15, 0.2) is 11.7 Å². The highest BCUT2D eigenvalue weighted by Gasteiger charge is 2.10. The van der Waals surface area contributed by atoms with Crippen molar-refractivity contribution in [3.63, 3.8) is 0 Å². The van der Waals surface area contributed by atoms with Gasteiger partial charge in [-0.05, 0) is 31.9 Å². The zero-order valence-electron chi connectivity index (χ0n) is 20.1. The van der Waals surface area contributed by atoms with Gasteiger partial charge in [-0.15, -0.1) is 0 Å². The second-order valence-corrected chi connectivity index (χ2v) is 7.81. The van der Waals surface area contributed by atoms with E-state index in [2.05, 4.69) is 59.9 Å². The molecule has 0 aliphatic rings. The Balaban J connectivity index is 2.14. The molecule has 0 radical (unpaired) electrons. The smallest absolute Gasteiger partial charge is 0.217 e. The lowest BCUT2D eigenvalue weighted by Gasteiger charge is -2.24. The van der Waals surface area contributed by atoms with Crippen LogP contribution in [0.2, 0.25) is 0 Å². The molecule has 1 aromatic carbocycles. The maximum Gasteiger partial charge on any atom is 0.217 e. The Kier molecular flexibility index (Phi) is 10.4. The van der Waals surface area contributed by atoms with Gasteiger partial charge >= 0.3 is 0 Å². The molecule has 7 nitrogen and oxygen atoms in total. The lowest BCUT2D eigenvalue weighted by atomic mass is 10.2. The van der Waals surface area contributed by atoms with Gasteiger partial charge in [-0.3, -0.25) is 5.43 Å². The summed E-state index contributed by atoms with van der Waals surface area (Å²) in [6.07, 6.45) is 3.92. The number of pyridine rings is 1. The lowest BCUT2D eigenvalue weighted by molar-refractivity contribution is 0.109. The van der Waals surface area contributed by atoms with E-state index >= 15 is 0 Å². The summed E-state index contributed by atoms with van der Waals surface area (Å²) in [5.41, 5.74) is 6.34. The molecule has 0 atom stereocenters. The van der Waals surface area contributed by atoms with Crippen molar-refractivity contribution in [3.8, 4) is 5.88 Å². The Morgan fingerprint density at radius 1 is 1.12 bits per heavy atom. The van der Waals surface area contributed by atoms with Crippen molar-refractivity contribution in [1.82, 2.24) is 9.88 Å². The second-order valence-electron chi connectivity index (χ2n) is 7.81. The molecule has 0 saturated carbocycles. The van der Waals surface area contributed by atoms with Crippen LogP contribution in [0.15, 0.2) is 54.0 Å². The number of aryl methyl sites for hydroxylation is 1. The minimum atomic E-state index is 0.372. The summed E-state index contributed by atoms with van der Waals surface area (Å²) in [6, 6.07) is 12.2. The fraction of sp³-hybridized carbons (Fsp3) is 0.440. The number of benzene rings is 1. The molecule has 32 heavy (non-hydrogen) atoms. The van der Waals surface area contributed by atoms with Crippen molar-refractivity contribution in [3.05, 3.63) is 60.0 Å². The predicted octanol–water partition coefficient (Wildman–Crippen LogP) is 4.89. The van der Waals surface area contributed by atoms with E-state index in [1.807, 2.05) is 43.3 Å². The molecule has 2 aromatic rings. The maximum atomic E-state index is 5.89. The van der Waals surface area contributed by atoms with Gasteiger partial charge in [0.2, 0.25) is 5.88 Å². The quantitative estimate of drug-likeness (QED) is 0.196. The number of anilines is 2. The number of ether oxygens (including phenoxy) is 2. The van der Waals surface area contributed by atoms with Crippen molar-refractivity contribution in [2.24, 2.45) is 5.10 Å². The molecule has 0 saturated heterocycles. The van der Waals surface area contributed by atoms with Crippen LogP contribution in [0.3, 0.4) is 0 Å². The van der Waals surface area contributed by atoms with E-state index in [0.717, 1.165) is 37.2 Å². The first-order valence-corrected chi connectivity index (χ1v) is 11.2. The minimum absolute atomic E-state index is 0.372. The molecule has 0 aliphatic carbocycles. The molecule has 1 N–H and O–H groups in total. The predicted molar refractivity (Wildman–Crippen MR) is 134 cm³/mol. The zero-order chi connectivity index (χ0) is 23.3. The van der Waals surface area contributed by atoms with E-state index in [9.17, 15) is 0 Å². The number of aromatic nitrogens is 1. The Morgan fingerprint density at radius 2 is 1.88 bits per heavy atom. The van der Waals surface area contributed by atoms with Gasteiger partial charge in [-0.25, -0.2) is 0 Å². The SMILES string of the molecule is C=C(OCCOc1cc(N(CCC)CCC)cc(N/N=C/c2cccc(C)c2)n1)N(C)C. The van der Waals surface area contributed by atoms with Crippen molar-refractivity contribution >= 4 is 17.7 Å². The summed E-state index contributed by atoms with van der Waals surface area (Å²) >= 11 is 0. The number of rotatable bonds is 14. The van der Waals surface area contributed by atoms with Crippen molar-refractivity contribution in [2.45, 2.75) is 33.6 Å². The van der Waals surface area contributed by atoms with E-state index in [1.54, 1.807) is 6.21 Å². The van der Waals surface area contributed by atoms with Gasteiger partial charge in [0.1, 0.15) is 13.2 Å². The third-order valence-corrected chi connectivity index (χ3v) is 4.67. The Bertz CT molecular complexity index is 876. The number of hydrazone groups is 1. The zero-order valence-corrected chi connectivity index (χ0v) is 20.1. The fourth-order valence-corrected chi connectivity index (χ4v) is 3.07. The van der Waals surface area contributed by atoms with Crippen LogP contribution in [0.5, 0.6) is 5.88 Å². The van der Waals surface area contributed by atoms with Crippen LogP contribution < -0.4 is 15.1 Å². The summed E-state index contributed by atoms with van der Waals surface area (Å²) in [4.78, 5) is 8.74. The highest BCUT2D eigenvalue weighted by atomic mass is 16.5. The van der Waals surface area contributed by atoms with Crippen molar-refractivity contribution in [2.75, 3.05) is 50.7 Å². The molecule has 0 fully saturated rings. The van der Waals surface area contributed by atoms with Crippen LogP contribution in [0.25, 0.3) is 0 Å².